The van der Waals surface area contributed by atoms with E-state index >= 15 is 0 Å². The van der Waals surface area contributed by atoms with Gasteiger partial charge in [-0.1, -0.05) is 30.3 Å². The van der Waals surface area contributed by atoms with Gasteiger partial charge in [-0.3, -0.25) is 9.59 Å². The Morgan fingerprint density at radius 2 is 1.67 bits per heavy atom. The molecule has 2 aromatic carbocycles. The van der Waals surface area contributed by atoms with Crippen LogP contribution in [0.4, 0.5) is 11.4 Å². The lowest BCUT2D eigenvalue weighted by Gasteiger charge is -2.17. The zero-order chi connectivity index (χ0) is 17.4. The number of methoxy groups -OCH3 is 1. The van der Waals surface area contributed by atoms with Gasteiger partial charge in [0.25, 0.3) is 0 Å². The van der Waals surface area contributed by atoms with E-state index in [4.69, 9.17) is 4.74 Å². The number of benzene rings is 2. The van der Waals surface area contributed by atoms with E-state index < -0.39 is 0 Å². The summed E-state index contributed by atoms with van der Waals surface area (Å²) in [4.78, 5) is 25.8. The average Bonchev–Trinajstić information content (AvgIpc) is 2.62. The fourth-order valence-electron chi connectivity index (χ4n) is 2.32. The van der Waals surface area contributed by atoms with E-state index in [1.165, 1.54) is 0 Å². The molecule has 0 saturated carbocycles. The van der Waals surface area contributed by atoms with Crippen LogP contribution in [0, 0.1) is 0 Å². The maximum absolute atomic E-state index is 12.2. The van der Waals surface area contributed by atoms with Gasteiger partial charge in [0.1, 0.15) is 5.75 Å². The normalized spacial score (nSPS) is 10.1. The summed E-state index contributed by atoms with van der Waals surface area (Å²) in [5, 5.41) is 2.81. The predicted molar refractivity (Wildman–Crippen MR) is 95.3 cm³/mol. The summed E-state index contributed by atoms with van der Waals surface area (Å²) in [5.74, 6) is 0.478. The minimum Gasteiger partial charge on any atom is -0.495 e. The molecule has 0 bridgehead atoms. The minimum absolute atomic E-state index is 0.00806. The molecule has 0 aliphatic heterocycles. The van der Waals surface area contributed by atoms with Gasteiger partial charge in [0.05, 0.1) is 12.8 Å². The molecule has 2 aromatic rings. The highest BCUT2D eigenvalue weighted by molar-refractivity contribution is 5.94. The molecule has 0 aliphatic rings. The number of carbonyl (C=O) groups excluding carboxylic acids is 2. The molecular weight excluding hydrogens is 304 g/mol. The highest BCUT2D eigenvalue weighted by atomic mass is 16.5. The van der Waals surface area contributed by atoms with E-state index in [1.54, 1.807) is 31.2 Å². The van der Waals surface area contributed by atoms with Crippen LogP contribution in [-0.2, 0) is 9.59 Å². The molecule has 0 heterocycles. The molecule has 0 aliphatic carbocycles. The number of anilines is 2. The van der Waals surface area contributed by atoms with E-state index in [9.17, 15) is 9.59 Å². The Balaban J connectivity index is 1.79. The molecule has 0 atom stereocenters. The molecular formula is C19H22N2O3. The monoisotopic (exact) mass is 326 g/mol. The first-order chi connectivity index (χ1) is 11.6. The Hall–Kier alpha value is -2.82. The van der Waals surface area contributed by atoms with E-state index in [1.807, 2.05) is 42.5 Å². The van der Waals surface area contributed by atoms with Gasteiger partial charge in [0.15, 0.2) is 0 Å². The minimum atomic E-state index is -0.130. The van der Waals surface area contributed by atoms with Gasteiger partial charge in [0, 0.05) is 25.6 Å². The van der Waals surface area contributed by atoms with Crippen LogP contribution in [-0.4, -0.2) is 26.0 Å². The Morgan fingerprint density at radius 1 is 1.00 bits per heavy atom. The lowest BCUT2D eigenvalue weighted by atomic mass is 10.2. The summed E-state index contributed by atoms with van der Waals surface area (Å²) in [7, 11) is 3.30. The van der Waals surface area contributed by atoms with Crippen molar-refractivity contribution < 1.29 is 14.3 Å². The Bertz CT molecular complexity index is 686. The molecule has 0 aromatic heterocycles. The Morgan fingerprint density at radius 3 is 2.38 bits per heavy atom. The first-order valence-electron chi connectivity index (χ1n) is 7.86. The van der Waals surface area contributed by atoms with Crippen LogP contribution in [0.2, 0.25) is 0 Å². The van der Waals surface area contributed by atoms with Gasteiger partial charge in [-0.2, -0.15) is 0 Å². The highest BCUT2D eigenvalue weighted by Crippen LogP contribution is 2.23. The molecule has 0 saturated heterocycles. The molecule has 2 amide bonds. The summed E-state index contributed by atoms with van der Waals surface area (Å²) in [6, 6.07) is 16.7. The summed E-state index contributed by atoms with van der Waals surface area (Å²) in [6.45, 7) is 0. The Labute approximate surface area is 142 Å². The number of amides is 2. The largest absolute Gasteiger partial charge is 0.495 e. The molecule has 5 nitrogen and oxygen atoms in total. The highest BCUT2D eigenvalue weighted by Gasteiger charge is 2.12. The van der Waals surface area contributed by atoms with Crippen LogP contribution < -0.4 is 15.0 Å². The van der Waals surface area contributed by atoms with Crippen molar-refractivity contribution in [3.8, 4) is 5.75 Å². The first kappa shape index (κ1) is 17.5. The van der Waals surface area contributed by atoms with Crippen molar-refractivity contribution in [2.24, 2.45) is 0 Å². The maximum atomic E-state index is 12.2. The number of ether oxygens (including phenoxy) is 1. The van der Waals surface area contributed by atoms with Crippen LogP contribution >= 0.6 is 0 Å². The molecule has 0 unspecified atom stereocenters. The second-order valence-corrected chi connectivity index (χ2v) is 5.39. The molecule has 2 rings (SSSR count). The van der Waals surface area contributed by atoms with Crippen molar-refractivity contribution >= 4 is 23.2 Å². The molecule has 1 N–H and O–H groups in total. The third-order valence-corrected chi connectivity index (χ3v) is 3.69. The smallest absolute Gasteiger partial charge is 0.226 e. The third-order valence-electron chi connectivity index (χ3n) is 3.69. The van der Waals surface area contributed by atoms with Crippen molar-refractivity contribution in [2.75, 3.05) is 24.4 Å². The second-order valence-electron chi connectivity index (χ2n) is 5.39. The van der Waals surface area contributed by atoms with Gasteiger partial charge in [-0.25, -0.2) is 0 Å². The van der Waals surface area contributed by atoms with Gasteiger partial charge in [-0.05, 0) is 30.7 Å². The van der Waals surface area contributed by atoms with E-state index in [-0.39, 0.29) is 18.2 Å². The Kier molecular flexibility index (Phi) is 6.37. The van der Waals surface area contributed by atoms with Crippen LogP contribution in [0.15, 0.2) is 54.6 Å². The SMILES string of the molecule is COc1ccccc1NC(=O)CCCC(=O)N(C)c1ccccc1. The molecule has 0 fully saturated rings. The number of rotatable bonds is 7. The average molecular weight is 326 g/mol. The molecule has 24 heavy (non-hydrogen) atoms. The number of nitrogens with one attached hydrogen (secondary N) is 1. The zero-order valence-corrected chi connectivity index (χ0v) is 14.0. The summed E-state index contributed by atoms with van der Waals surface area (Å²) in [6.07, 6.45) is 1.11. The first-order valence-corrected chi connectivity index (χ1v) is 7.86. The number of hydrogen-bond acceptors (Lipinski definition) is 3. The van der Waals surface area contributed by atoms with Gasteiger partial charge in [-0.15, -0.1) is 0 Å². The molecule has 5 heteroatoms. The van der Waals surface area contributed by atoms with Crippen LogP contribution in [0.5, 0.6) is 5.75 Å². The van der Waals surface area contributed by atoms with Gasteiger partial charge >= 0.3 is 0 Å². The van der Waals surface area contributed by atoms with Crippen molar-refractivity contribution in [2.45, 2.75) is 19.3 Å². The fraction of sp³-hybridized carbons (Fsp3) is 0.263. The summed E-state index contributed by atoms with van der Waals surface area (Å²) >= 11 is 0. The van der Waals surface area contributed by atoms with E-state index in [2.05, 4.69) is 5.32 Å². The topological polar surface area (TPSA) is 58.6 Å². The maximum Gasteiger partial charge on any atom is 0.226 e. The van der Waals surface area contributed by atoms with Crippen molar-refractivity contribution in [1.82, 2.24) is 0 Å². The van der Waals surface area contributed by atoms with Gasteiger partial charge in [0.2, 0.25) is 11.8 Å². The van der Waals surface area contributed by atoms with Crippen LogP contribution in [0.1, 0.15) is 19.3 Å². The quantitative estimate of drug-likeness (QED) is 0.847. The standard InChI is InChI=1S/C19H22N2O3/c1-21(15-9-4-3-5-10-15)19(23)14-8-13-18(22)20-16-11-6-7-12-17(16)24-2/h3-7,9-12H,8,13-14H2,1-2H3,(H,20,22). The van der Waals surface area contributed by atoms with Crippen LogP contribution in [0.25, 0.3) is 0 Å². The summed E-state index contributed by atoms with van der Waals surface area (Å²) < 4.78 is 5.19. The number of carbonyl (C=O) groups is 2. The molecule has 126 valence electrons. The van der Waals surface area contributed by atoms with E-state index in [0.717, 1.165) is 5.69 Å². The van der Waals surface area contributed by atoms with Crippen molar-refractivity contribution in [3.05, 3.63) is 54.6 Å². The lowest BCUT2D eigenvalue weighted by molar-refractivity contribution is -0.118. The lowest BCUT2D eigenvalue weighted by Crippen LogP contribution is -2.26. The molecule has 0 spiro atoms. The molecule has 0 radical (unpaired) electrons. The van der Waals surface area contributed by atoms with E-state index in [0.29, 0.717) is 24.3 Å². The zero-order valence-electron chi connectivity index (χ0n) is 14.0. The third kappa shape index (κ3) is 4.84. The fourth-order valence-corrected chi connectivity index (χ4v) is 2.32. The van der Waals surface area contributed by atoms with Crippen molar-refractivity contribution in [1.29, 1.82) is 0 Å². The van der Waals surface area contributed by atoms with Crippen LogP contribution in [0.3, 0.4) is 0 Å². The van der Waals surface area contributed by atoms with Gasteiger partial charge < -0.3 is 15.0 Å². The number of hydrogen-bond donors (Lipinski definition) is 1. The number of nitrogens with zero attached hydrogens (tertiary/aromatic N) is 1. The van der Waals surface area contributed by atoms with Crippen molar-refractivity contribution in [3.63, 3.8) is 0 Å². The summed E-state index contributed by atoms with van der Waals surface area (Å²) in [5.41, 5.74) is 1.48. The number of para-hydroxylation sites is 3. The predicted octanol–water partition coefficient (Wildman–Crippen LogP) is 3.47. The second kappa shape index (κ2) is 8.72.